The molecule has 2 saturated heterocycles. The average Bonchev–Trinajstić information content (AvgIpc) is 2.80. The molecule has 33 heavy (non-hydrogen) atoms. The molecule has 0 spiro atoms. The summed E-state index contributed by atoms with van der Waals surface area (Å²) in [6, 6.07) is 9.03. The predicted molar refractivity (Wildman–Crippen MR) is 128 cm³/mol. The third-order valence-corrected chi connectivity index (χ3v) is 7.41. The smallest absolute Gasteiger partial charge is 0.251 e. The molecule has 1 aromatic heterocycles. The number of anilines is 3. The van der Waals surface area contributed by atoms with Gasteiger partial charge in [0.25, 0.3) is 5.91 Å². The van der Waals surface area contributed by atoms with Gasteiger partial charge in [0.2, 0.25) is 16.0 Å². The minimum absolute atomic E-state index is 0.0256. The molecule has 0 radical (unpaired) electrons. The van der Waals surface area contributed by atoms with Crippen LogP contribution in [-0.4, -0.2) is 92.1 Å². The van der Waals surface area contributed by atoms with Crippen LogP contribution in [0.15, 0.2) is 36.5 Å². The fourth-order valence-electron chi connectivity index (χ4n) is 4.03. The van der Waals surface area contributed by atoms with E-state index >= 15 is 0 Å². The number of nitrogens with one attached hydrogen (secondary N) is 2. The zero-order chi connectivity index (χ0) is 23.4. The highest BCUT2D eigenvalue weighted by molar-refractivity contribution is 7.88. The monoisotopic (exact) mass is 473 g/mol. The minimum Gasteiger partial charge on any atom is -0.349 e. The number of hydrogen-bond acceptors (Lipinski definition) is 8. The standard InChI is InChI=1S/C22H31N7O3S/c1-27-13-15-28(16-14-27)22-23-10-7-20(26-22)24-18-5-3-17(4-6-18)21(30)25-19-8-11-29(12-9-19)33(2,31)32/h3-7,10,19H,8-9,11-16H2,1-2H3,(H,25,30)(H,23,24,26). The molecule has 10 nitrogen and oxygen atoms in total. The van der Waals surface area contributed by atoms with E-state index in [1.54, 1.807) is 18.3 Å². The van der Waals surface area contributed by atoms with Crippen molar-refractivity contribution in [3.8, 4) is 0 Å². The van der Waals surface area contributed by atoms with E-state index in [0.29, 0.717) is 43.3 Å². The average molecular weight is 474 g/mol. The quantitative estimate of drug-likeness (QED) is 0.642. The van der Waals surface area contributed by atoms with Crippen LogP contribution in [0.1, 0.15) is 23.2 Å². The fourth-order valence-corrected chi connectivity index (χ4v) is 4.90. The van der Waals surface area contributed by atoms with Crippen LogP contribution in [0.3, 0.4) is 0 Å². The summed E-state index contributed by atoms with van der Waals surface area (Å²) in [4.78, 5) is 26.1. The van der Waals surface area contributed by atoms with Gasteiger partial charge in [-0.15, -0.1) is 0 Å². The lowest BCUT2D eigenvalue weighted by atomic mass is 10.1. The molecule has 2 aliphatic heterocycles. The van der Waals surface area contributed by atoms with Crippen molar-refractivity contribution in [2.75, 3.05) is 62.8 Å². The lowest BCUT2D eigenvalue weighted by molar-refractivity contribution is 0.0924. The first-order valence-electron chi connectivity index (χ1n) is 11.2. The molecule has 1 aromatic carbocycles. The topological polar surface area (TPSA) is 111 Å². The van der Waals surface area contributed by atoms with Gasteiger partial charge in [0, 0.05) is 62.8 Å². The van der Waals surface area contributed by atoms with Gasteiger partial charge in [-0.3, -0.25) is 4.79 Å². The van der Waals surface area contributed by atoms with Crippen LogP contribution in [0, 0.1) is 0 Å². The van der Waals surface area contributed by atoms with E-state index in [1.807, 2.05) is 18.2 Å². The molecule has 2 aromatic rings. The Balaban J connectivity index is 1.31. The zero-order valence-electron chi connectivity index (χ0n) is 19.1. The molecule has 0 atom stereocenters. The van der Waals surface area contributed by atoms with Crippen LogP contribution in [0.25, 0.3) is 0 Å². The van der Waals surface area contributed by atoms with E-state index in [-0.39, 0.29) is 11.9 Å². The minimum atomic E-state index is -3.17. The molecule has 3 heterocycles. The Labute approximate surface area is 195 Å². The van der Waals surface area contributed by atoms with Crippen molar-refractivity contribution >= 4 is 33.4 Å². The van der Waals surface area contributed by atoms with Gasteiger partial charge in [0.1, 0.15) is 5.82 Å². The summed E-state index contributed by atoms with van der Waals surface area (Å²) in [5.41, 5.74) is 1.39. The SMILES string of the molecule is CN1CCN(c2nccc(Nc3ccc(C(=O)NC4CCN(S(C)(=O)=O)CC4)cc3)n2)CC1. The van der Waals surface area contributed by atoms with Crippen molar-refractivity contribution in [1.82, 2.24) is 24.5 Å². The summed E-state index contributed by atoms with van der Waals surface area (Å²) >= 11 is 0. The number of amides is 1. The second kappa shape index (κ2) is 10.0. The number of rotatable bonds is 6. The number of carbonyl (C=O) groups excluding carboxylic acids is 1. The van der Waals surface area contributed by atoms with Gasteiger partial charge in [-0.2, -0.15) is 4.98 Å². The third-order valence-electron chi connectivity index (χ3n) is 6.11. The fraction of sp³-hybridized carbons (Fsp3) is 0.500. The second-order valence-electron chi connectivity index (χ2n) is 8.64. The number of piperazine rings is 1. The van der Waals surface area contributed by atoms with Crippen LogP contribution in [0.2, 0.25) is 0 Å². The maximum Gasteiger partial charge on any atom is 0.251 e. The summed E-state index contributed by atoms with van der Waals surface area (Å²) < 4.78 is 24.7. The highest BCUT2D eigenvalue weighted by Crippen LogP contribution is 2.19. The third kappa shape index (κ3) is 6.18. The van der Waals surface area contributed by atoms with E-state index in [9.17, 15) is 13.2 Å². The van der Waals surface area contributed by atoms with Crippen molar-refractivity contribution < 1.29 is 13.2 Å². The summed E-state index contributed by atoms with van der Waals surface area (Å²) in [6.45, 7) is 4.64. The number of carbonyl (C=O) groups is 1. The first-order valence-corrected chi connectivity index (χ1v) is 13.0. The lowest BCUT2D eigenvalue weighted by Crippen LogP contribution is -2.46. The molecule has 0 bridgehead atoms. The Bertz CT molecular complexity index is 1060. The molecule has 2 N–H and O–H groups in total. The summed E-state index contributed by atoms with van der Waals surface area (Å²) in [5, 5.41) is 6.29. The van der Waals surface area contributed by atoms with E-state index in [2.05, 4.69) is 37.4 Å². The van der Waals surface area contributed by atoms with Gasteiger partial charge < -0.3 is 20.4 Å². The molecule has 11 heteroatoms. The molecule has 0 saturated carbocycles. The Hall–Kier alpha value is -2.76. The van der Waals surface area contributed by atoms with Crippen molar-refractivity contribution in [2.24, 2.45) is 0 Å². The van der Waals surface area contributed by atoms with E-state index in [0.717, 1.165) is 31.9 Å². The highest BCUT2D eigenvalue weighted by atomic mass is 32.2. The molecular formula is C22H31N7O3S. The van der Waals surface area contributed by atoms with Gasteiger partial charge in [-0.05, 0) is 50.2 Å². The van der Waals surface area contributed by atoms with Crippen LogP contribution in [0.5, 0.6) is 0 Å². The van der Waals surface area contributed by atoms with Gasteiger partial charge in [-0.25, -0.2) is 17.7 Å². The maximum absolute atomic E-state index is 12.6. The summed E-state index contributed by atoms with van der Waals surface area (Å²) in [6.07, 6.45) is 4.19. The maximum atomic E-state index is 12.6. The zero-order valence-corrected chi connectivity index (χ0v) is 19.9. The largest absolute Gasteiger partial charge is 0.349 e. The molecule has 0 unspecified atom stereocenters. The van der Waals surface area contributed by atoms with Crippen molar-refractivity contribution in [1.29, 1.82) is 0 Å². The number of piperidine rings is 1. The van der Waals surface area contributed by atoms with Gasteiger partial charge in [-0.1, -0.05) is 0 Å². The molecule has 4 rings (SSSR count). The number of sulfonamides is 1. The van der Waals surface area contributed by atoms with Crippen LogP contribution >= 0.6 is 0 Å². The van der Waals surface area contributed by atoms with E-state index in [1.165, 1.54) is 10.6 Å². The number of likely N-dealkylation sites (N-methyl/N-ethyl adjacent to an activating group) is 1. The molecule has 2 aliphatic rings. The van der Waals surface area contributed by atoms with E-state index < -0.39 is 10.0 Å². The molecule has 0 aliphatic carbocycles. The van der Waals surface area contributed by atoms with Gasteiger partial charge in [0.05, 0.1) is 6.26 Å². The van der Waals surface area contributed by atoms with Crippen molar-refractivity contribution in [3.05, 3.63) is 42.1 Å². The Morgan fingerprint density at radius 3 is 2.30 bits per heavy atom. The molecule has 1 amide bonds. The van der Waals surface area contributed by atoms with Crippen LogP contribution in [0.4, 0.5) is 17.5 Å². The Morgan fingerprint density at radius 1 is 1.00 bits per heavy atom. The van der Waals surface area contributed by atoms with Gasteiger partial charge >= 0.3 is 0 Å². The summed E-state index contributed by atoms with van der Waals surface area (Å²) in [5.74, 6) is 1.26. The number of benzene rings is 1. The highest BCUT2D eigenvalue weighted by Gasteiger charge is 2.26. The second-order valence-corrected chi connectivity index (χ2v) is 10.6. The van der Waals surface area contributed by atoms with Gasteiger partial charge in [0.15, 0.2) is 0 Å². The first kappa shape index (κ1) is 23.4. The van der Waals surface area contributed by atoms with Crippen molar-refractivity contribution in [3.63, 3.8) is 0 Å². The van der Waals surface area contributed by atoms with E-state index in [4.69, 9.17) is 0 Å². The van der Waals surface area contributed by atoms with Crippen molar-refractivity contribution in [2.45, 2.75) is 18.9 Å². The number of aromatic nitrogens is 2. The normalized spacial score (nSPS) is 18.8. The lowest BCUT2D eigenvalue weighted by Gasteiger charge is -2.32. The first-order chi connectivity index (χ1) is 15.8. The molecule has 2 fully saturated rings. The molecular weight excluding hydrogens is 442 g/mol. The van der Waals surface area contributed by atoms with Crippen LogP contribution < -0.4 is 15.5 Å². The van der Waals surface area contributed by atoms with Crippen LogP contribution in [-0.2, 0) is 10.0 Å². The number of hydrogen-bond donors (Lipinski definition) is 2. The molecule has 178 valence electrons. The summed E-state index contributed by atoms with van der Waals surface area (Å²) in [7, 11) is -1.06. The number of nitrogens with zero attached hydrogens (tertiary/aromatic N) is 5. The Morgan fingerprint density at radius 2 is 1.67 bits per heavy atom. The predicted octanol–water partition coefficient (Wildman–Crippen LogP) is 1.13. The Kier molecular flexibility index (Phi) is 7.11.